The van der Waals surface area contributed by atoms with Gasteiger partial charge >= 0.3 is 0 Å². The highest BCUT2D eigenvalue weighted by Crippen LogP contribution is 2.29. The predicted octanol–water partition coefficient (Wildman–Crippen LogP) is 1.75. The molecule has 0 unspecified atom stereocenters. The van der Waals surface area contributed by atoms with Crippen LogP contribution in [-0.4, -0.2) is 36.2 Å². The summed E-state index contributed by atoms with van der Waals surface area (Å²) in [6.45, 7) is 1.99. The summed E-state index contributed by atoms with van der Waals surface area (Å²) >= 11 is 1.09. The van der Waals surface area contributed by atoms with Gasteiger partial charge in [-0.15, -0.1) is 5.10 Å². The Balaban J connectivity index is 1.95. The zero-order valence-electron chi connectivity index (χ0n) is 13.4. The van der Waals surface area contributed by atoms with Crippen LogP contribution in [0.2, 0.25) is 0 Å². The first kappa shape index (κ1) is 17.3. The molecule has 0 bridgehead atoms. The van der Waals surface area contributed by atoms with Gasteiger partial charge < -0.3 is 9.90 Å². The van der Waals surface area contributed by atoms with Crippen LogP contribution in [0.25, 0.3) is 16.9 Å². The summed E-state index contributed by atoms with van der Waals surface area (Å²) in [6.07, 6.45) is 3.49. The second kappa shape index (κ2) is 7.56. The Morgan fingerprint density at radius 1 is 1.32 bits per heavy atom. The molecule has 0 aliphatic rings. The molecule has 7 nitrogen and oxygen atoms in total. The molecular formula is C16H15FN5O2S-. The number of carbonyl (C=O) groups excluding carboxylic acids is 1. The lowest BCUT2D eigenvalue weighted by atomic mass is 10.2. The van der Waals surface area contributed by atoms with E-state index in [0.29, 0.717) is 28.3 Å². The zero-order valence-corrected chi connectivity index (χ0v) is 14.2. The fraction of sp³-hybridized carbons (Fsp3) is 0.312. The van der Waals surface area contributed by atoms with Crippen LogP contribution < -0.4 is 5.11 Å². The molecule has 1 atom stereocenters. The Morgan fingerprint density at radius 2 is 2.08 bits per heavy atom. The fourth-order valence-corrected chi connectivity index (χ4v) is 3.32. The number of carbonyl (C=O) groups is 1. The first-order chi connectivity index (χ1) is 12.1. The summed E-state index contributed by atoms with van der Waals surface area (Å²) < 4.78 is 14.6. The number of aromatic nitrogens is 5. The minimum absolute atomic E-state index is 0.355. The number of hydrogen-bond donors (Lipinski definition) is 0. The number of carboxylic acids is 1. The summed E-state index contributed by atoms with van der Waals surface area (Å²) in [5, 5.41) is 19.2. The first-order valence-corrected chi connectivity index (χ1v) is 8.68. The number of hydrogen-bond acceptors (Lipinski definition) is 7. The highest BCUT2D eigenvalue weighted by atomic mass is 32.2. The summed E-state index contributed by atoms with van der Waals surface area (Å²) in [5.41, 5.74) is 1.43. The van der Waals surface area contributed by atoms with Crippen LogP contribution in [0.3, 0.4) is 0 Å². The molecule has 0 N–H and O–H groups in total. The van der Waals surface area contributed by atoms with Crippen molar-refractivity contribution in [2.75, 3.05) is 0 Å². The van der Waals surface area contributed by atoms with Gasteiger partial charge in [0.1, 0.15) is 17.2 Å². The molecule has 0 amide bonds. The number of benzene rings is 1. The smallest absolute Gasteiger partial charge is 0.187 e. The lowest BCUT2D eigenvalue weighted by molar-refractivity contribution is -0.304. The van der Waals surface area contributed by atoms with Gasteiger partial charge in [-0.25, -0.2) is 14.4 Å². The number of rotatable bonds is 7. The van der Waals surface area contributed by atoms with Crippen molar-refractivity contribution in [3.05, 3.63) is 36.4 Å². The standard InChI is InChI=1S/C16H16FN5O2S/c1-2-3-4-12(16(23)24)25-15-13-14(18-9-19-15)22(21-20-13)11-7-5-10(17)6-8-11/h5-9,12H,2-4H2,1H3,(H,23,24)/p-1/t12-/m0/s1. The van der Waals surface area contributed by atoms with Crippen molar-refractivity contribution in [2.24, 2.45) is 0 Å². The molecule has 3 aromatic rings. The van der Waals surface area contributed by atoms with Crippen LogP contribution in [0.1, 0.15) is 26.2 Å². The molecule has 0 saturated heterocycles. The Bertz CT molecular complexity index is 884. The molecule has 2 heterocycles. The van der Waals surface area contributed by atoms with Gasteiger partial charge in [0.2, 0.25) is 0 Å². The molecule has 0 aliphatic carbocycles. The number of thioether (sulfide) groups is 1. The zero-order chi connectivity index (χ0) is 17.8. The topological polar surface area (TPSA) is 96.6 Å². The van der Waals surface area contributed by atoms with Crippen LogP contribution >= 0.6 is 11.8 Å². The van der Waals surface area contributed by atoms with Crippen LogP contribution in [0.15, 0.2) is 35.6 Å². The molecule has 25 heavy (non-hydrogen) atoms. The molecule has 0 aliphatic heterocycles. The van der Waals surface area contributed by atoms with E-state index >= 15 is 0 Å². The van der Waals surface area contributed by atoms with E-state index in [2.05, 4.69) is 20.3 Å². The van der Waals surface area contributed by atoms with Crippen molar-refractivity contribution in [1.82, 2.24) is 25.0 Å². The summed E-state index contributed by atoms with van der Waals surface area (Å²) in [4.78, 5) is 19.7. The third-order valence-electron chi connectivity index (χ3n) is 3.61. The van der Waals surface area contributed by atoms with E-state index in [1.807, 2.05) is 6.92 Å². The molecule has 0 radical (unpaired) electrons. The summed E-state index contributed by atoms with van der Waals surface area (Å²) in [7, 11) is 0. The van der Waals surface area contributed by atoms with E-state index < -0.39 is 11.2 Å². The van der Waals surface area contributed by atoms with Crippen molar-refractivity contribution >= 4 is 28.9 Å². The minimum atomic E-state index is -1.13. The van der Waals surface area contributed by atoms with E-state index in [9.17, 15) is 14.3 Å². The highest BCUT2D eigenvalue weighted by molar-refractivity contribution is 8.00. The number of unbranched alkanes of at least 4 members (excludes halogenated alkanes) is 1. The molecular weight excluding hydrogens is 345 g/mol. The molecule has 0 spiro atoms. The van der Waals surface area contributed by atoms with Gasteiger partial charge in [-0.3, -0.25) is 0 Å². The molecule has 1 aromatic carbocycles. The predicted molar refractivity (Wildman–Crippen MR) is 88.6 cm³/mol. The monoisotopic (exact) mass is 360 g/mol. The lowest BCUT2D eigenvalue weighted by Gasteiger charge is -2.16. The van der Waals surface area contributed by atoms with E-state index in [0.717, 1.165) is 24.6 Å². The second-order valence-electron chi connectivity index (χ2n) is 5.40. The van der Waals surface area contributed by atoms with Gasteiger partial charge in [0.25, 0.3) is 0 Å². The number of nitrogens with zero attached hydrogens (tertiary/aromatic N) is 5. The summed E-state index contributed by atoms with van der Waals surface area (Å²) in [6, 6.07) is 5.75. The molecule has 0 saturated carbocycles. The van der Waals surface area contributed by atoms with Crippen LogP contribution in [-0.2, 0) is 4.79 Å². The third-order valence-corrected chi connectivity index (χ3v) is 4.85. The van der Waals surface area contributed by atoms with E-state index in [1.165, 1.54) is 23.1 Å². The first-order valence-electron chi connectivity index (χ1n) is 7.80. The minimum Gasteiger partial charge on any atom is -0.549 e. The van der Waals surface area contributed by atoms with Crippen molar-refractivity contribution in [2.45, 2.75) is 36.5 Å². The Hall–Kier alpha value is -2.55. The maximum absolute atomic E-state index is 13.1. The maximum Gasteiger partial charge on any atom is 0.187 e. The van der Waals surface area contributed by atoms with Crippen molar-refractivity contribution < 1.29 is 14.3 Å². The van der Waals surface area contributed by atoms with Gasteiger partial charge in [-0.2, -0.15) is 4.68 Å². The van der Waals surface area contributed by atoms with Gasteiger partial charge in [0.05, 0.1) is 16.9 Å². The van der Waals surface area contributed by atoms with Crippen molar-refractivity contribution in [1.29, 1.82) is 0 Å². The van der Waals surface area contributed by atoms with Gasteiger partial charge in [0.15, 0.2) is 11.2 Å². The largest absolute Gasteiger partial charge is 0.549 e. The Labute approximate surface area is 147 Å². The molecule has 9 heteroatoms. The number of fused-ring (bicyclic) bond motifs is 1. The van der Waals surface area contributed by atoms with Gasteiger partial charge in [0, 0.05) is 0 Å². The molecule has 0 fully saturated rings. The van der Waals surface area contributed by atoms with Crippen LogP contribution in [0.5, 0.6) is 0 Å². The average Bonchev–Trinajstić information content (AvgIpc) is 3.04. The van der Waals surface area contributed by atoms with Crippen molar-refractivity contribution in [3.63, 3.8) is 0 Å². The second-order valence-corrected chi connectivity index (χ2v) is 6.59. The number of halogens is 1. The normalized spacial score (nSPS) is 12.4. The SMILES string of the molecule is CCCC[C@H](Sc1ncnc2c1nnn2-c1ccc(F)cc1)C(=O)[O-]. The van der Waals surface area contributed by atoms with Gasteiger partial charge in [-0.1, -0.05) is 36.7 Å². The van der Waals surface area contributed by atoms with Crippen LogP contribution in [0, 0.1) is 5.82 Å². The number of carboxylic acid groups (broad SMARTS) is 1. The van der Waals surface area contributed by atoms with Gasteiger partial charge in [-0.05, 0) is 30.7 Å². The average molecular weight is 360 g/mol. The maximum atomic E-state index is 13.1. The van der Waals surface area contributed by atoms with Crippen molar-refractivity contribution in [3.8, 4) is 5.69 Å². The fourth-order valence-electron chi connectivity index (χ4n) is 2.32. The Morgan fingerprint density at radius 3 is 2.76 bits per heavy atom. The molecule has 3 rings (SSSR count). The highest BCUT2D eigenvalue weighted by Gasteiger charge is 2.18. The molecule has 2 aromatic heterocycles. The van der Waals surface area contributed by atoms with E-state index in [-0.39, 0.29) is 5.82 Å². The quantitative estimate of drug-likeness (QED) is 0.468. The molecule has 130 valence electrons. The van der Waals surface area contributed by atoms with Crippen LogP contribution in [0.4, 0.5) is 4.39 Å². The third kappa shape index (κ3) is 3.76. The lowest BCUT2D eigenvalue weighted by Crippen LogP contribution is -2.33. The van der Waals surface area contributed by atoms with E-state index in [1.54, 1.807) is 12.1 Å². The Kier molecular flexibility index (Phi) is 5.22. The number of aliphatic carboxylic acids is 1. The van der Waals surface area contributed by atoms with E-state index in [4.69, 9.17) is 0 Å². The summed E-state index contributed by atoms with van der Waals surface area (Å²) in [5.74, 6) is -1.48.